The molecule has 2 saturated carbocycles. The molecule has 0 aliphatic heterocycles. The van der Waals surface area contributed by atoms with E-state index in [0.29, 0.717) is 22.0 Å². The molecule has 3 rings (SSSR count). The summed E-state index contributed by atoms with van der Waals surface area (Å²) in [5, 5.41) is 3.92. The average Bonchev–Trinajstić information content (AvgIpc) is 2.72. The SMILES string of the molecule is CC1(C)[C@H]2CC[C@@]1(C)[C@@H](NC(=O)c1ccc(Cl)cc1)C2. The van der Waals surface area contributed by atoms with E-state index in [2.05, 4.69) is 26.1 Å². The third-order valence-electron chi connectivity index (χ3n) is 6.21. The molecule has 2 aliphatic rings. The van der Waals surface area contributed by atoms with E-state index < -0.39 is 0 Å². The van der Waals surface area contributed by atoms with Crippen LogP contribution in [0, 0.1) is 16.7 Å². The molecule has 0 heterocycles. The molecule has 20 heavy (non-hydrogen) atoms. The predicted octanol–water partition coefficient (Wildman–Crippen LogP) is 4.28. The normalized spacial score (nSPS) is 34.2. The van der Waals surface area contributed by atoms with Crippen molar-refractivity contribution in [3.8, 4) is 0 Å². The first-order valence-electron chi connectivity index (χ1n) is 7.41. The Balaban J connectivity index is 1.76. The smallest absolute Gasteiger partial charge is 0.251 e. The summed E-state index contributed by atoms with van der Waals surface area (Å²) in [6.07, 6.45) is 3.63. The van der Waals surface area contributed by atoms with Crippen LogP contribution in [0.15, 0.2) is 24.3 Å². The average molecular weight is 292 g/mol. The number of halogens is 1. The maximum absolute atomic E-state index is 12.4. The zero-order chi connectivity index (χ0) is 14.5. The van der Waals surface area contributed by atoms with Crippen molar-refractivity contribution in [3.05, 3.63) is 34.9 Å². The van der Waals surface area contributed by atoms with E-state index >= 15 is 0 Å². The van der Waals surface area contributed by atoms with Crippen LogP contribution in [0.4, 0.5) is 0 Å². The molecular weight excluding hydrogens is 270 g/mol. The first kappa shape index (κ1) is 13.9. The van der Waals surface area contributed by atoms with Crippen LogP contribution < -0.4 is 5.32 Å². The standard InChI is InChI=1S/C17H22ClNO/c1-16(2)12-8-9-17(16,3)14(10-12)19-15(20)11-4-6-13(18)7-5-11/h4-7,12,14H,8-10H2,1-3H3,(H,19,20)/t12-,14-,17-/m0/s1. The Morgan fingerprint density at radius 2 is 1.90 bits per heavy atom. The van der Waals surface area contributed by atoms with Crippen molar-refractivity contribution in [2.45, 2.75) is 46.1 Å². The fourth-order valence-corrected chi connectivity index (χ4v) is 4.39. The van der Waals surface area contributed by atoms with Gasteiger partial charge in [-0.3, -0.25) is 4.79 Å². The minimum atomic E-state index is 0.0243. The number of hydrogen-bond donors (Lipinski definition) is 1. The molecule has 0 spiro atoms. The fraction of sp³-hybridized carbons (Fsp3) is 0.588. The van der Waals surface area contributed by atoms with Gasteiger partial charge in [-0.25, -0.2) is 0 Å². The van der Waals surface area contributed by atoms with Gasteiger partial charge in [0.05, 0.1) is 0 Å². The number of nitrogens with one attached hydrogen (secondary N) is 1. The largest absolute Gasteiger partial charge is 0.349 e. The lowest BCUT2D eigenvalue weighted by molar-refractivity contribution is 0.0826. The highest BCUT2D eigenvalue weighted by atomic mass is 35.5. The second kappa shape index (κ2) is 4.49. The zero-order valence-corrected chi connectivity index (χ0v) is 13.1. The molecule has 1 aromatic rings. The Morgan fingerprint density at radius 3 is 2.40 bits per heavy atom. The van der Waals surface area contributed by atoms with Gasteiger partial charge in [0.15, 0.2) is 0 Å². The van der Waals surface area contributed by atoms with Crippen LogP contribution in [-0.2, 0) is 0 Å². The Bertz CT molecular complexity index is 536. The summed E-state index contributed by atoms with van der Waals surface area (Å²) >= 11 is 5.87. The van der Waals surface area contributed by atoms with Crippen LogP contribution in [0.1, 0.15) is 50.4 Å². The van der Waals surface area contributed by atoms with Gasteiger partial charge in [-0.15, -0.1) is 0 Å². The van der Waals surface area contributed by atoms with Gasteiger partial charge < -0.3 is 5.32 Å². The highest BCUT2D eigenvalue weighted by molar-refractivity contribution is 6.30. The lowest BCUT2D eigenvalue weighted by Gasteiger charge is -2.39. The maximum Gasteiger partial charge on any atom is 0.251 e. The van der Waals surface area contributed by atoms with E-state index in [0.717, 1.165) is 12.3 Å². The van der Waals surface area contributed by atoms with E-state index in [1.165, 1.54) is 12.8 Å². The highest BCUT2D eigenvalue weighted by Crippen LogP contribution is 2.65. The molecule has 0 saturated heterocycles. The summed E-state index contributed by atoms with van der Waals surface area (Å²) in [5.74, 6) is 0.763. The molecule has 108 valence electrons. The number of benzene rings is 1. The lowest BCUT2D eigenvalue weighted by Crippen LogP contribution is -2.46. The first-order valence-corrected chi connectivity index (χ1v) is 7.79. The second-order valence-electron chi connectivity index (χ2n) is 7.14. The zero-order valence-electron chi connectivity index (χ0n) is 12.4. The van der Waals surface area contributed by atoms with Crippen LogP contribution in [0.25, 0.3) is 0 Å². The molecule has 2 aliphatic carbocycles. The van der Waals surface area contributed by atoms with Gasteiger partial charge in [0.2, 0.25) is 0 Å². The van der Waals surface area contributed by atoms with Crippen LogP contribution >= 0.6 is 11.6 Å². The van der Waals surface area contributed by atoms with Crippen LogP contribution in [0.2, 0.25) is 5.02 Å². The summed E-state index contributed by atoms with van der Waals surface area (Å²) in [6, 6.07) is 7.40. The van der Waals surface area contributed by atoms with Crippen molar-refractivity contribution < 1.29 is 4.79 Å². The van der Waals surface area contributed by atoms with E-state index in [1.54, 1.807) is 24.3 Å². The van der Waals surface area contributed by atoms with Gasteiger partial charge in [0.1, 0.15) is 0 Å². The van der Waals surface area contributed by atoms with Gasteiger partial charge in [-0.05, 0) is 60.3 Å². The maximum atomic E-state index is 12.4. The Morgan fingerprint density at radius 1 is 1.25 bits per heavy atom. The number of carbonyl (C=O) groups excluding carboxylic acids is 1. The number of rotatable bonds is 2. The number of amides is 1. The molecule has 0 unspecified atom stereocenters. The predicted molar refractivity (Wildman–Crippen MR) is 81.9 cm³/mol. The van der Waals surface area contributed by atoms with Crippen molar-refractivity contribution in [1.82, 2.24) is 5.32 Å². The van der Waals surface area contributed by atoms with E-state index in [-0.39, 0.29) is 11.3 Å². The van der Waals surface area contributed by atoms with Crippen molar-refractivity contribution in [1.29, 1.82) is 0 Å². The molecule has 1 N–H and O–H groups in total. The van der Waals surface area contributed by atoms with E-state index in [4.69, 9.17) is 11.6 Å². The Hall–Kier alpha value is -1.02. The van der Waals surface area contributed by atoms with Gasteiger partial charge in [-0.1, -0.05) is 32.4 Å². The van der Waals surface area contributed by atoms with Gasteiger partial charge in [0, 0.05) is 16.6 Å². The summed E-state index contributed by atoms with van der Waals surface area (Å²) in [5.41, 5.74) is 1.24. The monoisotopic (exact) mass is 291 g/mol. The van der Waals surface area contributed by atoms with Crippen LogP contribution in [-0.4, -0.2) is 11.9 Å². The van der Waals surface area contributed by atoms with Crippen LogP contribution in [0.5, 0.6) is 0 Å². The topological polar surface area (TPSA) is 29.1 Å². The van der Waals surface area contributed by atoms with Crippen molar-refractivity contribution >= 4 is 17.5 Å². The van der Waals surface area contributed by atoms with Crippen molar-refractivity contribution in [3.63, 3.8) is 0 Å². The minimum Gasteiger partial charge on any atom is -0.349 e. The first-order chi connectivity index (χ1) is 9.34. The van der Waals surface area contributed by atoms with Gasteiger partial charge in [-0.2, -0.15) is 0 Å². The molecule has 3 heteroatoms. The van der Waals surface area contributed by atoms with E-state index in [9.17, 15) is 4.79 Å². The summed E-state index contributed by atoms with van der Waals surface area (Å²) in [7, 11) is 0. The molecule has 0 radical (unpaired) electrons. The molecule has 1 amide bonds. The molecular formula is C17H22ClNO. The lowest BCUT2D eigenvalue weighted by atomic mass is 9.69. The van der Waals surface area contributed by atoms with Crippen molar-refractivity contribution in [2.75, 3.05) is 0 Å². The van der Waals surface area contributed by atoms with Crippen LogP contribution in [0.3, 0.4) is 0 Å². The number of hydrogen-bond acceptors (Lipinski definition) is 1. The molecule has 0 aromatic heterocycles. The number of carbonyl (C=O) groups is 1. The summed E-state index contributed by atoms with van der Waals surface area (Å²) in [4.78, 5) is 12.4. The summed E-state index contributed by atoms with van der Waals surface area (Å²) < 4.78 is 0. The molecule has 1 aromatic carbocycles. The molecule has 2 fully saturated rings. The molecule has 2 nitrogen and oxygen atoms in total. The third-order valence-corrected chi connectivity index (χ3v) is 6.46. The summed E-state index contributed by atoms with van der Waals surface area (Å²) in [6.45, 7) is 7.06. The highest BCUT2D eigenvalue weighted by Gasteiger charge is 2.61. The third kappa shape index (κ3) is 1.88. The molecule has 2 bridgehead atoms. The fourth-order valence-electron chi connectivity index (χ4n) is 4.26. The Labute approximate surface area is 125 Å². The van der Waals surface area contributed by atoms with Crippen molar-refractivity contribution in [2.24, 2.45) is 16.7 Å². The quantitative estimate of drug-likeness (QED) is 0.865. The van der Waals surface area contributed by atoms with Gasteiger partial charge >= 0.3 is 0 Å². The number of fused-ring (bicyclic) bond motifs is 2. The molecule has 3 atom stereocenters. The Kier molecular flexibility index (Phi) is 3.13. The van der Waals surface area contributed by atoms with Gasteiger partial charge in [0.25, 0.3) is 5.91 Å². The van der Waals surface area contributed by atoms with E-state index in [1.807, 2.05) is 0 Å². The minimum absolute atomic E-state index is 0.0243. The second-order valence-corrected chi connectivity index (χ2v) is 7.58.